The molecule has 0 saturated carbocycles. The maximum absolute atomic E-state index is 13.3. The molecule has 0 aliphatic heterocycles. The molecule has 0 fully saturated rings. The predicted octanol–water partition coefficient (Wildman–Crippen LogP) is 2.20. The second-order valence-electron chi connectivity index (χ2n) is 3.93. The minimum absolute atomic E-state index is 0.277. The van der Waals surface area contributed by atoms with E-state index in [9.17, 15) is 4.39 Å². The number of nitrogens with zero attached hydrogens (tertiary/aromatic N) is 1. The highest BCUT2D eigenvalue weighted by atomic mass is 19.1. The van der Waals surface area contributed by atoms with Crippen LogP contribution in [0.15, 0.2) is 18.2 Å². The lowest BCUT2D eigenvalue weighted by atomic mass is 10.3. The molecule has 1 N–H and O–H groups in total. The van der Waals surface area contributed by atoms with Gasteiger partial charge in [0.05, 0.1) is 7.11 Å². The Bertz CT molecular complexity index is 329. The van der Waals surface area contributed by atoms with E-state index >= 15 is 0 Å². The summed E-state index contributed by atoms with van der Waals surface area (Å²) in [5.74, 6) is -0.0565. The number of ether oxygens (including phenoxy) is 1. The van der Waals surface area contributed by atoms with Crippen molar-refractivity contribution in [3.63, 3.8) is 0 Å². The molecule has 0 radical (unpaired) electrons. The van der Waals surface area contributed by atoms with Gasteiger partial charge in [0.15, 0.2) is 11.6 Å². The van der Waals surface area contributed by atoms with Crippen LogP contribution >= 0.6 is 0 Å². The third-order valence-corrected chi connectivity index (χ3v) is 2.26. The first-order valence-electron chi connectivity index (χ1n) is 5.35. The number of rotatable bonds is 6. The molecule has 0 unspecified atom stereocenters. The minimum Gasteiger partial charge on any atom is -0.494 e. The molecule has 1 aromatic rings. The van der Waals surface area contributed by atoms with Crippen LogP contribution in [0.4, 0.5) is 10.1 Å². The Balaban J connectivity index is 2.40. The smallest absolute Gasteiger partial charge is 0.167 e. The molecule has 0 saturated heterocycles. The minimum atomic E-state index is -0.333. The SMILES string of the molecule is COc1ccc(NCCCN(C)C)cc1F. The number of anilines is 1. The number of hydrogen-bond acceptors (Lipinski definition) is 3. The fourth-order valence-electron chi connectivity index (χ4n) is 1.40. The van der Waals surface area contributed by atoms with E-state index in [1.807, 2.05) is 20.2 Å². The van der Waals surface area contributed by atoms with Crippen molar-refractivity contribution in [3.8, 4) is 5.75 Å². The fraction of sp³-hybridized carbons (Fsp3) is 0.500. The van der Waals surface area contributed by atoms with Crippen molar-refractivity contribution in [1.29, 1.82) is 0 Å². The van der Waals surface area contributed by atoms with Gasteiger partial charge in [-0.05, 0) is 39.2 Å². The summed E-state index contributed by atoms with van der Waals surface area (Å²) in [6.45, 7) is 1.86. The van der Waals surface area contributed by atoms with Crippen molar-refractivity contribution >= 4 is 5.69 Å². The van der Waals surface area contributed by atoms with Gasteiger partial charge in [-0.1, -0.05) is 0 Å². The molecule has 1 aromatic carbocycles. The van der Waals surface area contributed by atoms with E-state index < -0.39 is 0 Å². The molecule has 0 aliphatic carbocycles. The summed E-state index contributed by atoms with van der Waals surface area (Å²) in [4.78, 5) is 2.12. The molecule has 0 heterocycles. The average Bonchev–Trinajstić information content (AvgIpc) is 2.24. The van der Waals surface area contributed by atoms with Gasteiger partial charge >= 0.3 is 0 Å². The van der Waals surface area contributed by atoms with Crippen molar-refractivity contribution in [3.05, 3.63) is 24.0 Å². The molecule has 0 bridgehead atoms. The Morgan fingerprint density at radius 2 is 2.12 bits per heavy atom. The monoisotopic (exact) mass is 226 g/mol. The predicted molar refractivity (Wildman–Crippen MR) is 64.6 cm³/mol. The average molecular weight is 226 g/mol. The number of methoxy groups -OCH3 is 1. The van der Waals surface area contributed by atoms with Gasteiger partial charge in [-0.3, -0.25) is 0 Å². The number of halogens is 1. The summed E-state index contributed by atoms with van der Waals surface area (Å²) >= 11 is 0. The van der Waals surface area contributed by atoms with Gasteiger partial charge in [0, 0.05) is 18.3 Å². The van der Waals surface area contributed by atoms with Crippen LogP contribution in [-0.4, -0.2) is 39.2 Å². The molecule has 4 heteroatoms. The second kappa shape index (κ2) is 6.33. The maximum atomic E-state index is 13.3. The van der Waals surface area contributed by atoms with Crippen molar-refractivity contribution in [1.82, 2.24) is 4.90 Å². The van der Waals surface area contributed by atoms with E-state index in [2.05, 4.69) is 10.2 Å². The van der Waals surface area contributed by atoms with Gasteiger partial charge in [-0.25, -0.2) is 4.39 Å². The van der Waals surface area contributed by atoms with Crippen molar-refractivity contribution in [2.75, 3.05) is 39.6 Å². The van der Waals surface area contributed by atoms with Crippen molar-refractivity contribution < 1.29 is 9.13 Å². The summed E-state index contributed by atoms with van der Waals surface area (Å²) < 4.78 is 18.2. The molecular formula is C12H19FN2O. The number of benzene rings is 1. The fourth-order valence-corrected chi connectivity index (χ4v) is 1.40. The third-order valence-electron chi connectivity index (χ3n) is 2.26. The van der Waals surface area contributed by atoms with Crippen LogP contribution in [0.1, 0.15) is 6.42 Å². The topological polar surface area (TPSA) is 24.5 Å². The van der Waals surface area contributed by atoms with Gasteiger partial charge in [-0.2, -0.15) is 0 Å². The number of nitrogens with one attached hydrogen (secondary N) is 1. The van der Waals surface area contributed by atoms with Crippen LogP contribution in [0.2, 0.25) is 0 Å². The van der Waals surface area contributed by atoms with Crippen LogP contribution in [0.5, 0.6) is 5.75 Å². The van der Waals surface area contributed by atoms with E-state index in [1.165, 1.54) is 13.2 Å². The molecule has 1 rings (SSSR count). The molecule has 3 nitrogen and oxygen atoms in total. The van der Waals surface area contributed by atoms with Gasteiger partial charge in [0.25, 0.3) is 0 Å². The Morgan fingerprint density at radius 1 is 1.38 bits per heavy atom. The van der Waals surface area contributed by atoms with E-state index in [4.69, 9.17) is 4.74 Å². The number of hydrogen-bond donors (Lipinski definition) is 1. The zero-order valence-corrected chi connectivity index (χ0v) is 10.1. The van der Waals surface area contributed by atoms with E-state index in [0.29, 0.717) is 0 Å². The molecule has 16 heavy (non-hydrogen) atoms. The van der Waals surface area contributed by atoms with Crippen LogP contribution in [0.3, 0.4) is 0 Å². The normalized spacial score (nSPS) is 10.6. The van der Waals surface area contributed by atoms with Crippen LogP contribution < -0.4 is 10.1 Å². The van der Waals surface area contributed by atoms with E-state index in [0.717, 1.165) is 25.2 Å². The lowest BCUT2D eigenvalue weighted by molar-refractivity contribution is 0.386. The Labute approximate surface area is 96.2 Å². The summed E-state index contributed by atoms with van der Waals surface area (Å²) in [5, 5.41) is 3.17. The molecule has 90 valence electrons. The highest BCUT2D eigenvalue weighted by Crippen LogP contribution is 2.20. The first kappa shape index (κ1) is 12.8. The molecule has 0 aliphatic rings. The van der Waals surface area contributed by atoms with Gasteiger partial charge in [-0.15, -0.1) is 0 Å². The molecule has 0 spiro atoms. The molecular weight excluding hydrogens is 207 g/mol. The zero-order valence-electron chi connectivity index (χ0n) is 10.1. The Kier molecular flexibility index (Phi) is 5.05. The first-order valence-corrected chi connectivity index (χ1v) is 5.35. The summed E-state index contributed by atoms with van der Waals surface area (Å²) in [6, 6.07) is 4.90. The van der Waals surface area contributed by atoms with Gasteiger partial charge in [0.1, 0.15) is 0 Å². The lowest BCUT2D eigenvalue weighted by Gasteiger charge is -2.11. The summed E-state index contributed by atoms with van der Waals surface area (Å²) in [6.07, 6.45) is 1.03. The molecule has 0 atom stereocenters. The molecule has 0 aromatic heterocycles. The van der Waals surface area contributed by atoms with Crippen molar-refractivity contribution in [2.24, 2.45) is 0 Å². The van der Waals surface area contributed by atoms with Gasteiger partial charge in [0.2, 0.25) is 0 Å². The summed E-state index contributed by atoms with van der Waals surface area (Å²) in [5.41, 5.74) is 0.789. The summed E-state index contributed by atoms with van der Waals surface area (Å²) in [7, 11) is 5.53. The zero-order chi connectivity index (χ0) is 12.0. The Morgan fingerprint density at radius 3 is 2.69 bits per heavy atom. The van der Waals surface area contributed by atoms with E-state index in [1.54, 1.807) is 6.07 Å². The lowest BCUT2D eigenvalue weighted by Crippen LogP contribution is -2.16. The highest BCUT2D eigenvalue weighted by molar-refractivity contribution is 5.47. The maximum Gasteiger partial charge on any atom is 0.167 e. The van der Waals surface area contributed by atoms with Gasteiger partial charge < -0.3 is 15.0 Å². The van der Waals surface area contributed by atoms with E-state index in [-0.39, 0.29) is 11.6 Å². The van der Waals surface area contributed by atoms with Crippen LogP contribution in [-0.2, 0) is 0 Å². The first-order chi connectivity index (χ1) is 7.63. The molecule has 0 amide bonds. The standard InChI is InChI=1S/C12H19FN2O/c1-15(2)8-4-7-14-10-5-6-12(16-3)11(13)9-10/h5-6,9,14H,4,7-8H2,1-3H3. The van der Waals surface area contributed by atoms with Crippen molar-refractivity contribution in [2.45, 2.75) is 6.42 Å². The highest BCUT2D eigenvalue weighted by Gasteiger charge is 2.02. The largest absolute Gasteiger partial charge is 0.494 e. The van der Waals surface area contributed by atoms with Crippen LogP contribution in [0.25, 0.3) is 0 Å². The third kappa shape index (κ3) is 4.06. The van der Waals surface area contributed by atoms with Crippen LogP contribution in [0, 0.1) is 5.82 Å². The Hall–Kier alpha value is -1.29. The second-order valence-corrected chi connectivity index (χ2v) is 3.93. The quantitative estimate of drug-likeness (QED) is 0.753.